The maximum atomic E-state index is 12.9. The van der Waals surface area contributed by atoms with Crippen LogP contribution in [0.2, 0.25) is 0 Å². The zero-order valence-electron chi connectivity index (χ0n) is 13.2. The molecular formula is C16H10BrF4NO5. The first-order valence-electron chi connectivity index (χ1n) is 7.15. The van der Waals surface area contributed by atoms with Crippen molar-refractivity contribution in [2.45, 2.75) is 12.5 Å². The summed E-state index contributed by atoms with van der Waals surface area (Å²) in [5, 5.41) is 11.0. The molecule has 2 aromatic carbocycles. The van der Waals surface area contributed by atoms with Crippen molar-refractivity contribution in [1.82, 2.24) is 0 Å². The van der Waals surface area contributed by atoms with E-state index >= 15 is 0 Å². The Labute approximate surface area is 158 Å². The third-order valence-corrected chi connectivity index (χ3v) is 3.78. The van der Waals surface area contributed by atoms with E-state index in [0.717, 1.165) is 18.2 Å². The second-order valence-corrected chi connectivity index (χ2v) is 5.90. The molecule has 2 aromatic rings. The van der Waals surface area contributed by atoms with Crippen LogP contribution in [-0.4, -0.2) is 29.8 Å². The van der Waals surface area contributed by atoms with E-state index in [1.165, 1.54) is 24.3 Å². The SMILES string of the molecule is O=C(COc1c(Br)cccc1[N+](=O)[O-])c1cccc(OC(F)(F)C(F)F)c1. The van der Waals surface area contributed by atoms with E-state index in [2.05, 4.69) is 20.7 Å². The second kappa shape index (κ2) is 8.33. The van der Waals surface area contributed by atoms with Gasteiger partial charge in [0.2, 0.25) is 5.75 Å². The molecule has 0 fully saturated rings. The predicted molar refractivity (Wildman–Crippen MR) is 88.6 cm³/mol. The molecule has 0 atom stereocenters. The third kappa shape index (κ3) is 5.16. The number of rotatable bonds is 8. The smallest absolute Gasteiger partial charge is 0.461 e. The number of ether oxygens (including phenoxy) is 2. The van der Waals surface area contributed by atoms with Crippen molar-refractivity contribution in [3.63, 3.8) is 0 Å². The number of Topliss-reactive ketones (excluding diaryl/α,β-unsaturated/α-hetero) is 1. The van der Waals surface area contributed by atoms with Crippen molar-refractivity contribution in [3.05, 3.63) is 62.6 Å². The zero-order valence-corrected chi connectivity index (χ0v) is 14.8. The Morgan fingerprint density at radius 2 is 1.89 bits per heavy atom. The lowest BCUT2D eigenvalue weighted by Gasteiger charge is -2.17. The predicted octanol–water partition coefficient (Wildman–Crippen LogP) is 4.86. The number of nitro benzene ring substituents is 1. The van der Waals surface area contributed by atoms with Gasteiger partial charge in [0, 0.05) is 11.6 Å². The van der Waals surface area contributed by atoms with Gasteiger partial charge in [-0.05, 0) is 34.1 Å². The lowest BCUT2D eigenvalue weighted by atomic mass is 10.1. The molecule has 0 aliphatic heterocycles. The number of benzene rings is 2. The number of nitrogens with zero attached hydrogens (tertiary/aromatic N) is 1. The number of nitro groups is 1. The van der Waals surface area contributed by atoms with Crippen LogP contribution in [-0.2, 0) is 0 Å². The minimum absolute atomic E-state index is 0.160. The van der Waals surface area contributed by atoms with Crippen LogP contribution in [0, 0.1) is 10.1 Å². The largest absolute Gasteiger partial charge is 0.478 e. The van der Waals surface area contributed by atoms with Gasteiger partial charge in [0.1, 0.15) is 5.75 Å². The molecular weight excluding hydrogens is 442 g/mol. The van der Waals surface area contributed by atoms with Gasteiger partial charge >= 0.3 is 18.2 Å². The highest BCUT2D eigenvalue weighted by atomic mass is 79.9. The summed E-state index contributed by atoms with van der Waals surface area (Å²) in [4.78, 5) is 22.4. The van der Waals surface area contributed by atoms with Crippen molar-refractivity contribution in [2.75, 3.05) is 6.61 Å². The fourth-order valence-corrected chi connectivity index (χ4v) is 2.41. The van der Waals surface area contributed by atoms with Gasteiger partial charge in [-0.2, -0.15) is 17.6 Å². The Morgan fingerprint density at radius 3 is 2.52 bits per heavy atom. The average molecular weight is 452 g/mol. The van der Waals surface area contributed by atoms with Crippen molar-refractivity contribution in [1.29, 1.82) is 0 Å². The molecule has 11 heteroatoms. The normalized spacial score (nSPS) is 11.3. The van der Waals surface area contributed by atoms with E-state index in [0.29, 0.717) is 0 Å². The van der Waals surface area contributed by atoms with Gasteiger partial charge in [0.15, 0.2) is 12.4 Å². The molecule has 0 unspecified atom stereocenters. The van der Waals surface area contributed by atoms with Crippen molar-refractivity contribution < 1.29 is 36.8 Å². The van der Waals surface area contributed by atoms with Gasteiger partial charge in [0.25, 0.3) is 0 Å². The minimum atomic E-state index is -4.71. The Balaban J connectivity index is 2.14. The van der Waals surface area contributed by atoms with E-state index in [4.69, 9.17) is 4.74 Å². The average Bonchev–Trinajstić information content (AvgIpc) is 2.59. The summed E-state index contributed by atoms with van der Waals surface area (Å²) in [7, 11) is 0. The maximum Gasteiger partial charge on any atom is 0.461 e. The first-order valence-corrected chi connectivity index (χ1v) is 7.95. The molecule has 0 aliphatic rings. The highest BCUT2D eigenvalue weighted by molar-refractivity contribution is 9.10. The number of alkyl halides is 4. The summed E-state index contributed by atoms with van der Waals surface area (Å²) >= 11 is 3.06. The summed E-state index contributed by atoms with van der Waals surface area (Å²) < 4.78 is 59.6. The van der Waals surface area contributed by atoms with E-state index in [1.54, 1.807) is 0 Å². The quantitative estimate of drug-likeness (QED) is 0.248. The fourth-order valence-electron chi connectivity index (χ4n) is 1.94. The molecule has 144 valence electrons. The van der Waals surface area contributed by atoms with Crippen molar-refractivity contribution in [2.24, 2.45) is 0 Å². The van der Waals surface area contributed by atoms with Crippen LogP contribution in [0.15, 0.2) is 46.9 Å². The van der Waals surface area contributed by atoms with Gasteiger partial charge in [-0.25, -0.2) is 0 Å². The molecule has 2 rings (SSSR count). The molecule has 0 bridgehead atoms. The number of ketones is 1. The highest BCUT2D eigenvalue weighted by Gasteiger charge is 2.44. The summed E-state index contributed by atoms with van der Waals surface area (Å²) in [5.41, 5.74) is -0.543. The topological polar surface area (TPSA) is 78.7 Å². The van der Waals surface area contributed by atoms with Gasteiger partial charge in [0.05, 0.1) is 9.40 Å². The first-order chi connectivity index (χ1) is 12.6. The van der Waals surface area contributed by atoms with Crippen LogP contribution >= 0.6 is 15.9 Å². The number of halogens is 5. The number of hydrogen-bond donors (Lipinski definition) is 0. The van der Waals surface area contributed by atoms with Crippen LogP contribution in [0.25, 0.3) is 0 Å². The fraction of sp³-hybridized carbons (Fsp3) is 0.188. The Kier molecular flexibility index (Phi) is 6.37. The molecule has 27 heavy (non-hydrogen) atoms. The van der Waals surface area contributed by atoms with E-state index in [-0.39, 0.29) is 21.5 Å². The zero-order chi connectivity index (χ0) is 20.2. The summed E-state index contributed by atoms with van der Waals surface area (Å²) in [6, 6.07) is 8.25. The van der Waals surface area contributed by atoms with Gasteiger partial charge in [-0.3, -0.25) is 14.9 Å². The standard InChI is InChI=1S/C16H10BrF4NO5/c17-11-5-2-6-12(22(24)25)14(11)26-8-13(23)9-3-1-4-10(7-9)27-16(20,21)15(18)19/h1-7,15H,8H2. The van der Waals surface area contributed by atoms with Gasteiger partial charge in [-0.1, -0.05) is 18.2 Å². The lowest BCUT2D eigenvalue weighted by Crippen LogP contribution is -2.33. The maximum absolute atomic E-state index is 12.9. The molecule has 0 saturated heterocycles. The van der Waals surface area contributed by atoms with Crippen molar-refractivity contribution in [3.8, 4) is 11.5 Å². The van der Waals surface area contributed by atoms with E-state index in [1.807, 2.05) is 0 Å². The second-order valence-electron chi connectivity index (χ2n) is 5.05. The molecule has 0 heterocycles. The Hall–Kier alpha value is -2.69. The van der Waals surface area contributed by atoms with E-state index in [9.17, 15) is 32.5 Å². The number of carbonyl (C=O) groups is 1. The lowest BCUT2D eigenvalue weighted by molar-refractivity contribution is -0.385. The highest BCUT2D eigenvalue weighted by Crippen LogP contribution is 2.35. The van der Waals surface area contributed by atoms with E-state index < -0.39 is 35.6 Å². The molecule has 0 saturated carbocycles. The van der Waals surface area contributed by atoms with Crippen LogP contribution < -0.4 is 9.47 Å². The van der Waals surface area contributed by atoms with Crippen molar-refractivity contribution >= 4 is 27.4 Å². The molecule has 0 amide bonds. The Bertz CT molecular complexity index is 862. The van der Waals surface area contributed by atoms with Crippen LogP contribution in [0.3, 0.4) is 0 Å². The molecule has 0 N–H and O–H groups in total. The van der Waals surface area contributed by atoms with Crippen LogP contribution in [0.4, 0.5) is 23.2 Å². The molecule has 0 radical (unpaired) electrons. The number of hydrogen-bond acceptors (Lipinski definition) is 5. The summed E-state index contributed by atoms with van der Waals surface area (Å²) in [6.45, 7) is -0.655. The molecule has 0 aromatic heterocycles. The molecule has 6 nitrogen and oxygen atoms in total. The molecule has 0 aliphatic carbocycles. The third-order valence-electron chi connectivity index (χ3n) is 3.15. The summed E-state index contributed by atoms with van der Waals surface area (Å²) in [6.07, 6.45) is -8.76. The van der Waals surface area contributed by atoms with Crippen LogP contribution in [0.1, 0.15) is 10.4 Å². The monoisotopic (exact) mass is 451 g/mol. The van der Waals surface area contributed by atoms with Crippen LogP contribution in [0.5, 0.6) is 11.5 Å². The Morgan fingerprint density at radius 1 is 1.22 bits per heavy atom. The first kappa shape index (κ1) is 20.6. The summed E-state index contributed by atoms with van der Waals surface area (Å²) in [5.74, 6) is -1.56. The van der Waals surface area contributed by atoms with Gasteiger partial charge < -0.3 is 9.47 Å². The van der Waals surface area contributed by atoms with Gasteiger partial charge in [-0.15, -0.1) is 0 Å². The minimum Gasteiger partial charge on any atom is -0.478 e. The number of carbonyl (C=O) groups excluding carboxylic acids is 1. The number of para-hydroxylation sites is 1. The molecule has 0 spiro atoms.